The van der Waals surface area contributed by atoms with Crippen LogP contribution in [0, 0.1) is 17.6 Å². The fraction of sp³-hybridized carbons (Fsp3) is 0.478. The minimum Gasteiger partial charge on any atom is -0.491 e. The van der Waals surface area contributed by atoms with Crippen molar-refractivity contribution in [3.05, 3.63) is 53.6 Å². The molecular weight excluding hydrogens is 330 g/mol. The Balaban J connectivity index is 1.77. The molecule has 2 aromatic carbocycles. The molecule has 140 valence electrons. The van der Waals surface area contributed by atoms with Gasteiger partial charge in [0.05, 0.1) is 6.61 Å². The highest BCUT2D eigenvalue weighted by Crippen LogP contribution is 2.38. The van der Waals surface area contributed by atoms with Crippen LogP contribution in [0.5, 0.6) is 5.75 Å². The highest BCUT2D eigenvalue weighted by molar-refractivity contribution is 5.85. The van der Waals surface area contributed by atoms with E-state index in [9.17, 15) is 8.78 Å². The van der Waals surface area contributed by atoms with Gasteiger partial charge in [0.1, 0.15) is 0 Å². The zero-order valence-corrected chi connectivity index (χ0v) is 15.7. The van der Waals surface area contributed by atoms with Crippen LogP contribution in [0.2, 0.25) is 0 Å². The molecule has 3 rings (SSSR count). The lowest BCUT2D eigenvalue weighted by atomic mass is 9.78. The zero-order chi connectivity index (χ0) is 18.5. The number of hydrogen-bond acceptors (Lipinski definition) is 1. The summed E-state index contributed by atoms with van der Waals surface area (Å²) in [7, 11) is 0. The molecule has 0 aromatic heterocycles. The van der Waals surface area contributed by atoms with Gasteiger partial charge in [-0.15, -0.1) is 0 Å². The van der Waals surface area contributed by atoms with E-state index >= 15 is 0 Å². The van der Waals surface area contributed by atoms with Crippen molar-refractivity contribution in [2.45, 2.75) is 58.3 Å². The second-order valence-corrected chi connectivity index (χ2v) is 7.24. The summed E-state index contributed by atoms with van der Waals surface area (Å²) in [5.41, 5.74) is 1.12. The number of fused-ring (bicyclic) bond motifs is 1. The quantitative estimate of drug-likeness (QED) is 0.498. The van der Waals surface area contributed by atoms with Gasteiger partial charge in [0.15, 0.2) is 11.6 Å². The van der Waals surface area contributed by atoms with E-state index in [0.29, 0.717) is 29.2 Å². The largest absolute Gasteiger partial charge is 0.491 e. The normalized spacial score (nSPS) is 20.8. The Hall–Kier alpha value is -1.90. The Morgan fingerprint density at radius 2 is 1.81 bits per heavy atom. The molecule has 2 aromatic rings. The number of halogens is 2. The third-order valence-corrected chi connectivity index (χ3v) is 5.42. The molecular formula is C23H28F2O. The van der Waals surface area contributed by atoms with Gasteiger partial charge in [0, 0.05) is 5.39 Å². The first kappa shape index (κ1) is 18.9. The van der Waals surface area contributed by atoms with Crippen LogP contribution in [0.15, 0.2) is 36.4 Å². The summed E-state index contributed by atoms with van der Waals surface area (Å²) >= 11 is 0. The highest BCUT2D eigenvalue weighted by Gasteiger charge is 2.22. The Morgan fingerprint density at radius 3 is 2.50 bits per heavy atom. The Kier molecular flexibility index (Phi) is 6.29. The molecule has 0 aliphatic heterocycles. The van der Waals surface area contributed by atoms with Crippen molar-refractivity contribution in [2.75, 3.05) is 6.61 Å². The molecule has 0 saturated heterocycles. The van der Waals surface area contributed by atoms with Crippen LogP contribution in [-0.2, 0) is 0 Å². The summed E-state index contributed by atoms with van der Waals surface area (Å²) in [4.78, 5) is 0. The molecule has 1 fully saturated rings. The molecule has 0 amide bonds. The molecule has 26 heavy (non-hydrogen) atoms. The topological polar surface area (TPSA) is 9.23 Å². The fourth-order valence-electron chi connectivity index (χ4n) is 3.94. The standard InChI is InChI=1S/C23H28F2O/c1-3-5-6-7-16-8-10-17(11-9-16)18-12-13-19-15-21(26-4-2)23(25)22(24)20(19)14-18/h6-7,12-17H,3-5,8-11H2,1-2H3/b7-6+. The summed E-state index contributed by atoms with van der Waals surface area (Å²) in [5, 5.41) is 1.04. The van der Waals surface area contributed by atoms with Gasteiger partial charge in [0.2, 0.25) is 5.82 Å². The maximum absolute atomic E-state index is 14.5. The molecule has 1 aliphatic rings. The minimum atomic E-state index is -0.888. The van der Waals surface area contributed by atoms with Crippen LogP contribution < -0.4 is 4.74 Å². The average molecular weight is 358 g/mol. The second-order valence-electron chi connectivity index (χ2n) is 7.24. The van der Waals surface area contributed by atoms with E-state index in [2.05, 4.69) is 25.1 Å². The Labute approximate surface area is 155 Å². The van der Waals surface area contributed by atoms with E-state index in [1.165, 1.54) is 19.3 Å². The van der Waals surface area contributed by atoms with Crippen LogP contribution in [0.3, 0.4) is 0 Å². The molecule has 1 nitrogen and oxygen atoms in total. The Morgan fingerprint density at radius 1 is 1.04 bits per heavy atom. The van der Waals surface area contributed by atoms with Crippen molar-refractivity contribution in [3.63, 3.8) is 0 Å². The maximum Gasteiger partial charge on any atom is 0.201 e. The molecule has 0 spiro atoms. The van der Waals surface area contributed by atoms with Crippen LogP contribution in [0.4, 0.5) is 8.78 Å². The predicted molar refractivity (Wildman–Crippen MR) is 104 cm³/mol. The minimum absolute atomic E-state index is 0.00961. The van der Waals surface area contributed by atoms with Crippen LogP contribution in [0.25, 0.3) is 10.8 Å². The van der Waals surface area contributed by atoms with E-state index in [-0.39, 0.29) is 5.75 Å². The lowest BCUT2D eigenvalue weighted by Crippen LogP contribution is -2.11. The molecule has 3 heteroatoms. The molecule has 0 heterocycles. The first-order valence-electron chi connectivity index (χ1n) is 9.85. The summed E-state index contributed by atoms with van der Waals surface area (Å²) in [6, 6.07) is 7.38. The zero-order valence-electron chi connectivity index (χ0n) is 15.7. The number of rotatable bonds is 6. The predicted octanol–water partition coefficient (Wildman–Crippen LogP) is 7.15. The van der Waals surface area contributed by atoms with Crippen molar-refractivity contribution >= 4 is 10.8 Å². The first-order chi connectivity index (χ1) is 12.6. The maximum atomic E-state index is 14.5. The number of ether oxygens (including phenoxy) is 1. The number of unbranched alkanes of at least 4 members (excludes halogenated alkanes) is 1. The van der Waals surface area contributed by atoms with Gasteiger partial charge in [0.25, 0.3) is 0 Å². The average Bonchev–Trinajstić information content (AvgIpc) is 2.67. The molecule has 0 bridgehead atoms. The molecule has 0 N–H and O–H groups in total. The number of benzene rings is 2. The van der Waals surface area contributed by atoms with Crippen molar-refractivity contribution < 1.29 is 13.5 Å². The van der Waals surface area contributed by atoms with E-state index in [1.807, 2.05) is 12.1 Å². The molecule has 1 saturated carbocycles. The molecule has 0 radical (unpaired) electrons. The van der Waals surface area contributed by atoms with E-state index in [4.69, 9.17) is 4.74 Å². The summed E-state index contributed by atoms with van der Waals surface area (Å²) in [6.07, 6.45) is 11.6. The first-order valence-corrected chi connectivity index (χ1v) is 9.85. The smallest absolute Gasteiger partial charge is 0.201 e. The van der Waals surface area contributed by atoms with Gasteiger partial charge in [-0.05, 0) is 73.9 Å². The molecule has 1 aliphatic carbocycles. The number of hydrogen-bond donors (Lipinski definition) is 0. The SMILES string of the molecule is CCC/C=C/C1CCC(c2ccc3cc(OCC)c(F)c(F)c3c2)CC1. The highest BCUT2D eigenvalue weighted by atomic mass is 19.2. The van der Waals surface area contributed by atoms with Gasteiger partial charge in [-0.2, -0.15) is 4.39 Å². The molecule has 0 unspecified atom stereocenters. The third kappa shape index (κ3) is 4.08. The van der Waals surface area contributed by atoms with Gasteiger partial charge in [-0.3, -0.25) is 0 Å². The van der Waals surface area contributed by atoms with Crippen molar-refractivity contribution in [1.29, 1.82) is 0 Å². The lowest BCUT2D eigenvalue weighted by molar-refractivity contribution is 0.315. The van der Waals surface area contributed by atoms with E-state index in [0.717, 1.165) is 24.8 Å². The summed E-state index contributed by atoms with van der Waals surface area (Å²) < 4.78 is 33.9. The van der Waals surface area contributed by atoms with Crippen molar-refractivity contribution in [1.82, 2.24) is 0 Å². The van der Waals surface area contributed by atoms with Gasteiger partial charge >= 0.3 is 0 Å². The Bertz CT molecular complexity index is 773. The molecule has 0 atom stereocenters. The van der Waals surface area contributed by atoms with Gasteiger partial charge in [-0.25, -0.2) is 4.39 Å². The second kappa shape index (κ2) is 8.66. The lowest BCUT2D eigenvalue weighted by Gasteiger charge is -2.27. The summed E-state index contributed by atoms with van der Waals surface area (Å²) in [6.45, 7) is 4.27. The fourth-order valence-corrected chi connectivity index (χ4v) is 3.94. The number of allylic oxidation sites excluding steroid dienone is 2. The summed E-state index contributed by atoms with van der Waals surface area (Å²) in [5.74, 6) is -0.597. The van der Waals surface area contributed by atoms with Crippen LogP contribution in [0.1, 0.15) is 63.9 Å². The van der Waals surface area contributed by atoms with Gasteiger partial charge < -0.3 is 4.74 Å². The van der Waals surface area contributed by atoms with Crippen molar-refractivity contribution in [2.24, 2.45) is 5.92 Å². The van der Waals surface area contributed by atoms with Crippen LogP contribution in [-0.4, -0.2) is 6.61 Å². The van der Waals surface area contributed by atoms with E-state index in [1.54, 1.807) is 13.0 Å². The van der Waals surface area contributed by atoms with E-state index < -0.39 is 11.6 Å². The van der Waals surface area contributed by atoms with Crippen molar-refractivity contribution in [3.8, 4) is 5.75 Å². The van der Waals surface area contributed by atoms with Gasteiger partial charge in [-0.1, -0.05) is 37.6 Å². The third-order valence-electron chi connectivity index (χ3n) is 5.42. The van der Waals surface area contributed by atoms with Crippen LogP contribution >= 0.6 is 0 Å². The monoisotopic (exact) mass is 358 g/mol.